The third-order valence-corrected chi connectivity index (χ3v) is 5.72. The smallest absolute Gasteiger partial charge is 0.257 e. The summed E-state index contributed by atoms with van der Waals surface area (Å²) in [4.78, 5) is 32.3. The molecule has 0 radical (unpaired) electrons. The van der Waals surface area contributed by atoms with Crippen molar-refractivity contribution in [1.82, 2.24) is 9.88 Å². The summed E-state index contributed by atoms with van der Waals surface area (Å²) in [6.07, 6.45) is 1.32. The largest absolute Gasteiger partial charge is 0.337 e. The van der Waals surface area contributed by atoms with Gasteiger partial charge < -0.3 is 4.90 Å². The number of rotatable bonds is 5. The van der Waals surface area contributed by atoms with Crippen molar-refractivity contribution < 1.29 is 9.59 Å². The Morgan fingerprint density at radius 2 is 1.89 bits per heavy atom. The van der Waals surface area contributed by atoms with Crippen LogP contribution in [0.2, 0.25) is 0 Å². The molecule has 1 aliphatic heterocycles. The summed E-state index contributed by atoms with van der Waals surface area (Å²) >= 11 is 1.47. The van der Waals surface area contributed by atoms with Gasteiger partial charge in [0.25, 0.3) is 5.91 Å². The van der Waals surface area contributed by atoms with E-state index in [9.17, 15) is 9.59 Å². The van der Waals surface area contributed by atoms with Gasteiger partial charge in [-0.3, -0.25) is 14.9 Å². The molecule has 6 heteroatoms. The quantitative estimate of drug-likeness (QED) is 0.827. The minimum absolute atomic E-state index is 0.149. The Morgan fingerprint density at radius 1 is 1.19 bits per heavy atom. The summed E-state index contributed by atoms with van der Waals surface area (Å²) in [7, 11) is 0. The van der Waals surface area contributed by atoms with Gasteiger partial charge in [-0.25, -0.2) is 4.98 Å². The van der Waals surface area contributed by atoms with Gasteiger partial charge in [0.1, 0.15) is 0 Å². The molecule has 144 valence electrons. The number of nitrogens with zero attached hydrogens (tertiary/aromatic N) is 2. The molecule has 5 nitrogen and oxygen atoms in total. The lowest BCUT2D eigenvalue weighted by Crippen LogP contribution is -2.36. The highest BCUT2D eigenvalue weighted by molar-refractivity contribution is 7.15. The van der Waals surface area contributed by atoms with Crippen LogP contribution in [0, 0.1) is 5.92 Å². The molecule has 3 rings (SSSR count). The summed E-state index contributed by atoms with van der Waals surface area (Å²) in [5.41, 5.74) is 2.84. The summed E-state index contributed by atoms with van der Waals surface area (Å²) in [5.74, 6) is 0.843. The van der Waals surface area contributed by atoms with Crippen molar-refractivity contribution >= 4 is 28.3 Å². The number of carbonyl (C=O) groups is 2. The zero-order valence-corrected chi connectivity index (χ0v) is 17.2. The molecule has 1 aromatic heterocycles. The average Bonchev–Trinajstić information content (AvgIpc) is 3.02. The van der Waals surface area contributed by atoms with Crippen LogP contribution >= 0.6 is 11.3 Å². The van der Waals surface area contributed by atoms with Crippen LogP contribution in [0.25, 0.3) is 0 Å². The fourth-order valence-electron chi connectivity index (χ4n) is 3.13. The van der Waals surface area contributed by atoms with Crippen LogP contribution in [0.3, 0.4) is 0 Å². The second kappa shape index (κ2) is 8.21. The Morgan fingerprint density at radius 3 is 2.52 bits per heavy atom. The molecule has 2 amide bonds. The number of amides is 2. The average molecular weight is 386 g/mol. The van der Waals surface area contributed by atoms with Crippen molar-refractivity contribution in [1.29, 1.82) is 0 Å². The fourth-order valence-corrected chi connectivity index (χ4v) is 4.15. The van der Waals surface area contributed by atoms with E-state index in [1.165, 1.54) is 16.9 Å². The van der Waals surface area contributed by atoms with E-state index in [4.69, 9.17) is 0 Å². The maximum atomic E-state index is 12.5. The normalized spacial score (nSPS) is 13.8. The Balaban J connectivity index is 1.65. The van der Waals surface area contributed by atoms with Crippen LogP contribution in [-0.2, 0) is 17.8 Å². The van der Waals surface area contributed by atoms with Gasteiger partial charge in [0.2, 0.25) is 5.91 Å². The number of benzene rings is 1. The molecule has 0 aliphatic carbocycles. The SMILES string of the molecule is CC(C)CC(=O)N1CCc2nc(NC(=O)c3ccc(C(C)C)cc3)sc2C1. The molecule has 1 aromatic carbocycles. The first-order valence-electron chi connectivity index (χ1n) is 9.51. The number of hydrogen-bond donors (Lipinski definition) is 1. The Hall–Kier alpha value is -2.21. The van der Waals surface area contributed by atoms with Crippen LogP contribution in [0.1, 0.15) is 66.5 Å². The minimum atomic E-state index is -0.149. The molecular weight excluding hydrogens is 358 g/mol. The van der Waals surface area contributed by atoms with E-state index < -0.39 is 0 Å². The van der Waals surface area contributed by atoms with E-state index in [0.29, 0.717) is 42.0 Å². The number of aromatic nitrogens is 1. The highest BCUT2D eigenvalue weighted by Gasteiger charge is 2.25. The molecule has 0 spiro atoms. The molecule has 1 aliphatic rings. The lowest BCUT2D eigenvalue weighted by Gasteiger charge is -2.26. The van der Waals surface area contributed by atoms with E-state index in [2.05, 4.69) is 38.0 Å². The first-order valence-corrected chi connectivity index (χ1v) is 10.3. The van der Waals surface area contributed by atoms with Crippen LogP contribution in [0.5, 0.6) is 0 Å². The topological polar surface area (TPSA) is 62.3 Å². The van der Waals surface area contributed by atoms with E-state index in [1.54, 1.807) is 0 Å². The third-order valence-electron chi connectivity index (χ3n) is 4.73. The summed E-state index contributed by atoms with van der Waals surface area (Å²) in [6, 6.07) is 7.68. The van der Waals surface area contributed by atoms with E-state index in [-0.39, 0.29) is 11.8 Å². The van der Waals surface area contributed by atoms with Crippen molar-refractivity contribution in [2.75, 3.05) is 11.9 Å². The molecule has 0 bridgehead atoms. The number of hydrogen-bond acceptors (Lipinski definition) is 4. The number of fused-ring (bicyclic) bond motifs is 1. The van der Waals surface area contributed by atoms with E-state index in [1.807, 2.05) is 29.2 Å². The summed E-state index contributed by atoms with van der Waals surface area (Å²) < 4.78 is 0. The number of nitrogens with one attached hydrogen (secondary N) is 1. The van der Waals surface area contributed by atoms with Crippen LogP contribution < -0.4 is 5.32 Å². The van der Waals surface area contributed by atoms with Crippen LogP contribution in [0.4, 0.5) is 5.13 Å². The summed E-state index contributed by atoms with van der Waals surface area (Å²) in [6.45, 7) is 9.67. The maximum Gasteiger partial charge on any atom is 0.257 e. The van der Waals surface area contributed by atoms with Crippen LogP contribution in [-0.4, -0.2) is 28.2 Å². The van der Waals surface area contributed by atoms with Gasteiger partial charge in [0.05, 0.1) is 12.2 Å². The second-order valence-electron chi connectivity index (χ2n) is 7.78. The van der Waals surface area contributed by atoms with Crippen molar-refractivity contribution in [3.8, 4) is 0 Å². The first-order chi connectivity index (χ1) is 12.8. The highest BCUT2D eigenvalue weighted by atomic mass is 32.1. The lowest BCUT2D eigenvalue weighted by atomic mass is 10.0. The standard InChI is InChI=1S/C21H27N3O2S/c1-13(2)11-19(25)24-10-9-17-18(12-24)27-21(22-17)23-20(26)16-7-5-15(6-8-16)14(3)4/h5-8,13-14H,9-12H2,1-4H3,(H,22,23,26). The maximum absolute atomic E-state index is 12.5. The second-order valence-corrected chi connectivity index (χ2v) is 8.87. The molecule has 2 aromatic rings. The molecule has 0 saturated heterocycles. The van der Waals surface area contributed by atoms with Gasteiger partial charge >= 0.3 is 0 Å². The van der Waals surface area contributed by atoms with Gasteiger partial charge in [-0.2, -0.15) is 0 Å². The Kier molecular flexibility index (Phi) is 5.95. The van der Waals surface area contributed by atoms with Crippen molar-refractivity contribution in [3.63, 3.8) is 0 Å². The molecule has 2 heterocycles. The molecule has 0 unspecified atom stereocenters. The van der Waals surface area contributed by atoms with Crippen molar-refractivity contribution in [2.24, 2.45) is 5.92 Å². The fraction of sp³-hybridized carbons (Fsp3) is 0.476. The zero-order chi connectivity index (χ0) is 19.6. The summed E-state index contributed by atoms with van der Waals surface area (Å²) in [5, 5.41) is 3.51. The minimum Gasteiger partial charge on any atom is -0.337 e. The van der Waals surface area contributed by atoms with Gasteiger partial charge in [0, 0.05) is 29.8 Å². The number of carbonyl (C=O) groups excluding carboxylic acids is 2. The molecule has 1 N–H and O–H groups in total. The zero-order valence-electron chi connectivity index (χ0n) is 16.4. The lowest BCUT2D eigenvalue weighted by molar-refractivity contribution is -0.132. The predicted molar refractivity (Wildman–Crippen MR) is 109 cm³/mol. The molecular formula is C21H27N3O2S. The monoisotopic (exact) mass is 385 g/mol. The Labute approximate surface area is 164 Å². The van der Waals surface area contributed by atoms with Gasteiger partial charge in [-0.05, 0) is 29.5 Å². The Bertz CT molecular complexity index is 824. The first kappa shape index (κ1) is 19.5. The predicted octanol–water partition coefficient (Wildman–Crippen LogP) is 4.45. The molecule has 0 fully saturated rings. The van der Waals surface area contributed by atoms with E-state index in [0.717, 1.165) is 17.0 Å². The van der Waals surface area contributed by atoms with Gasteiger partial charge in [-0.1, -0.05) is 51.2 Å². The molecule has 0 atom stereocenters. The van der Waals surface area contributed by atoms with Crippen molar-refractivity contribution in [2.45, 2.75) is 53.0 Å². The van der Waals surface area contributed by atoms with Crippen LogP contribution in [0.15, 0.2) is 24.3 Å². The number of thiazole rings is 1. The molecule has 27 heavy (non-hydrogen) atoms. The molecule has 0 saturated carbocycles. The van der Waals surface area contributed by atoms with E-state index >= 15 is 0 Å². The number of anilines is 1. The van der Waals surface area contributed by atoms with Gasteiger partial charge in [0.15, 0.2) is 5.13 Å². The third kappa shape index (κ3) is 4.75. The van der Waals surface area contributed by atoms with Gasteiger partial charge in [-0.15, -0.1) is 0 Å². The highest BCUT2D eigenvalue weighted by Crippen LogP contribution is 2.29. The van der Waals surface area contributed by atoms with Crippen molar-refractivity contribution in [3.05, 3.63) is 46.0 Å².